The van der Waals surface area contributed by atoms with E-state index in [4.69, 9.17) is 5.26 Å². The fourth-order valence-corrected chi connectivity index (χ4v) is 0.673. The van der Waals surface area contributed by atoms with Crippen molar-refractivity contribution in [1.82, 2.24) is 10.2 Å². The zero-order chi connectivity index (χ0) is 11.4. The first-order valence-electron chi connectivity index (χ1n) is 4.66. The monoisotopic (exact) mass is 197 g/mol. The number of nitrogens with one attached hydrogen (secondary N) is 1. The van der Waals surface area contributed by atoms with Gasteiger partial charge in [0.1, 0.15) is 5.92 Å². The molecule has 80 valence electrons. The van der Waals surface area contributed by atoms with Crippen LogP contribution in [0.1, 0.15) is 20.8 Å². The van der Waals surface area contributed by atoms with Gasteiger partial charge in [-0.1, -0.05) is 0 Å². The standard InChI is InChI=1S/C10H19N3O/c1-8(6-11)9(14)12-7-10(2,3)13(4)5/h8H,7H2,1-5H3,(H,12,14). The maximum atomic E-state index is 11.3. The summed E-state index contributed by atoms with van der Waals surface area (Å²) in [5.74, 6) is -0.782. The molecule has 1 unspecified atom stereocenters. The molecular weight excluding hydrogens is 178 g/mol. The third-order valence-electron chi connectivity index (χ3n) is 2.49. The molecule has 0 bridgehead atoms. The number of nitrogens with zero attached hydrogens (tertiary/aromatic N) is 2. The van der Waals surface area contributed by atoms with Crippen LogP contribution in [0.25, 0.3) is 0 Å². The number of nitriles is 1. The summed E-state index contributed by atoms with van der Waals surface area (Å²) in [5, 5.41) is 11.3. The molecule has 0 saturated heterocycles. The normalized spacial score (nSPS) is 13.5. The van der Waals surface area contributed by atoms with Crippen LogP contribution in [0, 0.1) is 17.2 Å². The second-order valence-electron chi connectivity index (χ2n) is 4.28. The molecule has 4 heteroatoms. The molecule has 0 radical (unpaired) electrons. The molecule has 4 nitrogen and oxygen atoms in total. The summed E-state index contributed by atoms with van der Waals surface area (Å²) in [4.78, 5) is 13.3. The third-order valence-corrected chi connectivity index (χ3v) is 2.49. The minimum Gasteiger partial charge on any atom is -0.353 e. The van der Waals surface area contributed by atoms with Gasteiger partial charge in [0.2, 0.25) is 5.91 Å². The van der Waals surface area contributed by atoms with Crippen LogP contribution in [0.3, 0.4) is 0 Å². The molecule has 14 heavy (non-hydrogen) atoms. The van der Waals surface area contributed by atoms with Crippen molar-refractivity contribution in [3.8, 4) is 6.07 Å². The van der Waals surface area contributed by atoms with E-state index in [9.17, 15) is 4.79 Å². The van der Waals surface area contributed by atoms with Crippen LogP contribution in [0.2, 0.25) is 0 Å². The van der Waals surface area contributed by atoms with Crippen LogP contribution in [-0.4, -0.2) is 37.0 Å². The Morgan fingerprint density at radius 1 is 1.57 bits per heavy atom. The molecule has 0 aliphatic heterocycles. The van der Waals surface area contributed by atoms with E-state index in [0.717, 1.165) is 0 Å². The average molecular weight is 197 g/mol. The summed E-state index contributed by atoms with van der Waals surface area (Å²) in [6, 6.07) is 1.90. The molecule has 0 rings (SSSR count). The first-order chi connectivity index (χ1) is 6.31. The van der Waals surface area contributed by atoms with Gasteiger partial charge in [-0.05, 0) is 34.9 Å². The Kier molecular flexibility index (Phi) is 4.58. The second kappa shape index (κ2) is 4.97. The fourth-order valence-electron chi connectivity index (χ4n) is 0.673. The molecule has 0 aliphatic carbocycles. The van der Waals surface area contributed by atoms with Crippen LogP contribution in [0.15, 0.2) is 0 Å². The van der Waals surface area contributed by atoms with E-state index in [2.05, 4.69) is 5.32 Å². The van der Waals surface area contributed by atoms with Crippen LogP contribution >= 0.6 is 0 Å². The number of hydrogen-bond acceptors (Lipinski definition) is 3. The number of likely N-dealkylation sites (N-methyl/N-ethyl adjacent to an activating group) is 1. The lowest BCUT2D eigenvalue weighted by molar-refractivity contribution is -0.123. The van der Waals surface area contributed by atoms with Crippen LogP contribution in [0.5, 0.6) is 0 Å². The highest BCUT2D eigenvalue weighted by molar-refractivity contribution is 5.80. The highest BCUT2D eigenvalue weighted by Crippen LogP contribution is 2.08. The van der Waals surface area contributed by atoms with Crippen molar-refractivity contribution in [2.24, 2.45) is 5.92 Å². The third kappa shape index (κ3) is 3.75. The summed E-state index contributed by atoms with van der Waals surface area (Å²) in [6.45, 7) is 6.21. The fraction of sp³-hybridized carbons (Fsp3) is 0.800. The Bertz CT molecular complexity index is 240. The molecular formula is C10H19N3O. The Labute approximate surface area is 85.9 Å². The maximum Gasteiger partial charge on any atom is 0.237 e. The summed E-state index contributed by atoms with van der Waals surface area (Å²) in [5.41, 5.74) is -0.0924. The summed E-state index contributed by atoms with van der Waals surface area (Å²) in [6.07, 6.45) is 0. The Hall–Kier alpha value is -1.08. The number of carbonyl (C=O) groups excluding carboxylic acids is 1. The Balaban J connectivity index is 4.08. The average Bonchev–Trinajstić information content (AvgIpc) is 2.12. The molecule has 0 aromatic rings. The molecule has 1 atom stereocenters. The predicted molar refractivity (Wildman–Crippen MR) is 55.6 cm³/mol. The highest BCUT2D eigenvalue weighted by Gasteiger charge is 2.22. The smallest absolute Gasteiger partial charge is 0.237 e. The molecule has 0 saturated carbocycles. The van der Waals surface area contributed by atoms with Gasteiger partial charge in [-0.15, -0.1) is 0 Å². The Morgan fingerprint density at radius 2 is 2.07 bits per heavy atom. The zero-order valence-electron chi connectivity index (χ0n) is 9.59. The van der Waals surface area contributed by atoms with E-state index in [0.29, 0.717) is 6.54 Å². The van der Waals surface area contributed by atoms with E-state index < -0.39 is 5.92 Å². The predicted octanol–water partition coefficient (Wildman–Crippen LogP) is 0.602. The van der Waals surface area contributed by atoms with Gasteiger partial charge >= 0.3 is 0 Å². The van der Waals surface area contributed by atoms with Crippen LogP contribution in [0.4, 0.5) is 0 Å². The van der Waals surface area contributed by atoms with Crippen molar-refractivity contribution in [1.29, 1.82) is 5.26 Å². The number of hydrogen-bond donors (Lipinski definition) is 1. The summed E-state index contributed by atoms with van der Waals surface area (Å²) < 4.78 is 0. The lowest BCUT2D eigenvalue weighted by Crippen LogP contribution is -2.48. The summed E-state index contributed by atoms with van der Waals surface area (Å²) in [7, 11) is 3.92. The molecule has 1 amide bonds. The van der Waals surface area contributed by atoms with Gasteiger partial charge in [-0.2, -0.15) is 5.26 Å². The first-order valence-corrected chi connectivity index (χ1v) is 4.66. The Morgan fingerprint density at radius 3 is 2.43 bits per heavy atom. The molecule has 0 heterocycles. The molecule has 1 N–H and O–H groups in total. The topological polar surface area (TPSA) is 56.1 Å². The minimum atomic E-state index is -0.576. The molecule has 0 aliphatic rings. The molecule has 0 aromatic carbocycles. The second-order valence-corrected chi connectivity index (χ2v) is 4.28. The molecule has 0 fully saturated rings. The maximum absolute atomic E-state index is 11.3. The van der Waals surface area contributed by atoms with Crippen molar-refractivity contribution in [3.05, 3.63) is 0 Å². The van der Waals surface area contributed by atoms with Gasteiger partial charge < -0.3 is 10.2 Å². The van der Waals surface area contributed by atoms with Crippen LogP contribution in [-0.2, 0) is 4.79 Å². The largest absolute Gasteiger partial charge is 0.353 e. The van der Waals surface area contributed by atoms with Crippen molar-refractivity contribution in [2.45, 2.75) is 26.3 Å². The van der Waals surface area contributed by atoms with Crippen molar-refractivity contribution in [3.63, 3.8) is 0 Å². The minimum absolute atomic E-state index is 0.0924. The number of amides is 1. The highest BCUT2D eigenvalue weighted by atomic mass is 16.1. The molecule has 0 aromatic heterocycles. The van der Waals surface area contributed by atoms with Crippen LogP contribution < -0.4 is 5.32 Å². The van der Waals surface area contributed by atoms with E-state index >= 15 is 0 Å². The number of carbonyl (C=O) groups is 1. The van der Waals surface area contributed by atoms with E-state index in [1.807, 2.05) is 38.9 Å². The lowest BCUT2D eigenvalue weighted by atomic mass is 10.0. The van der Waals surface area contributed by atoms with Gasteiger partial charge in [0.05, 0.1) is 6.07 Å². The van der Waals surface area contributed by atoms with E-state index in [1.54, 1.807) is 6.92 Å². The van der Waals surface area contributed by atoms with Crippen molar-refractivity contribution >= 4 is 5.91 Å². The van der Waals surface area contributed by atoms with Gasteiger partial charge in [0.15, 0.2) is 0 Å². The van der Waals surface area contributed by atoms with Crippen molar-refractivity contribution in [2.75, 3.05) is 20.6 Å². The lowest BCUT2D eigenvalue weighted by Gasteiger charge is -2.32. The molecule has 0 spiro atoms. The SMILES string of the molecule is CC(C#N)C(=O)NCC(C)(C)N(C)C. The van der Waals surface area contributed by atoms with E-state index in [1.165, 1.54) is 0 Å². The van der Waals surface area contributed by atoms with Crippen molar-refractivity contribution < 1.29 is 4.79 Å². The first kappa shape index (κ1) is 12.9. The quantitative estimate of drug-likeness (QED) is 0.718. The van der Waals surface area contributed by atoms with Gasteiger partial charge in [0, 0.05) is 12.1 Å². The van der Waals surface area contributed by atoms with Gasteiger partial charge in [-0.25, -0.2) is 0 Å². The zero-order valence-corrected chi connectivity index (χ0v) is 9.59. The summed E-state index contributed by atoms with van der Waals surface area (Å²) >= 11 is 0. The van der Waals surface area contributed by atoms with Gasteiger partial charge in [-0.3, -0.25) is 4.79 Å². The number of rotatable bonds is 4. The van der Waals surface area contributed by atoms with E-state index in [-0.39, 0.29) is 11.4 Å². The van der Waals surface area contributed by atoms with Gasteiger partial charge in [0.25, 0.3) is 0 Å².